The van der Waals surface area contributed by atoms with Gasteiger partial charge in [-0.25, -0.2) is 0 Å². The molecule has 2 aromatic rings. The van der Waals surface area contributed by atoms with Gasteiger partial charge in [-0.2, -0.15) is 0 Å². The monoisotopic (exact) mass is 1120 g/mol. The molecule has 0 bridgehead atoms. The molecule has 2 aromatic carbocycles. The van der Waals surface area contributed by atoms with Crippen LogP contribution >= 0.6 is 80.7 Å². The summed E-state index contributed by atoms with van der Waals surface area (Å²) in [6.07, 6.45) is 21.4. The summed E-state index contributed by atoms with van der Waals surface area (Å²) in [4.78, 5) is 1.64. The fraction of sp³-hybridized carbons (Fsp3) is 0.591. The van der Waals surface area contributed by atoms with Gasteiger partial charge in [0.25, 0.3) is 0 Å². The molecule has 0 heterocycles. The van der Waals surface area contributed by atoms with Crippen LogP contribution in [-0.4, -0.2) is 25.8 Å². The van der Waals surface area contributed by atoms with Crippen molar-refractivity contribution in [2.45, 2.75) is 123 Å². The summed E-state index contributed by atoms with van der Waals surface area (Å²) >= 11 is 14.8. The minimum atomic E-state index is -1.60. The van der Waals surface area contributed by atoms with Crippen molar-refractivity contribution in [2.24, 2.45) is 35.5 Å². The number of halogens is 6. The van der Waals surface area contributed by atoms with E-state index in [0.29, 0.717) is 11.1 Å². The van der Waals surface area contributed by atoms with E-state index in [1.807, 2.05) is 0 Å². The standard InChI is InChI=1S/C22H38Br2Si.C20H18Br2Si.2CH3.2ClH.Zr/c1-13-11-17-15(7-5-9-19(17)23)21(13)25(3,4)22-14(2)12-18-16(22)8-6-10-20(18)24;1-23(2,19-11-9-13-15(19)5-3-7-17(13)21)20-12-10-14-16(20)6-4-8-18(14)22;;;;;/h13-22H,5-12H2,1-4H3;3-12,19-20H,1-2H3;2*1H3;2*1H;/q;;2*-1;;;+4/p-2. The van der Waals surface area contributed by atoms with Gasteiger partial charge in [-0.1, -0.05) is 178 Å². The van der Waals surface area contributed by atoms with Gasteiger partial charge in [-0.15, -0.1) is 0 Å². The fourth-order valence-corrected chi connectivity index (χ4v) is 26.2. The van der Waals surface area contributed by atoms with Crippen LogP contribution in [-0.2, 0) is 20.8 Å². The summed E-state index contributed by atoms with van der Waals surface area (Å²) in [5.74, 6) is 6.02. The molecule has 12 unspecified atom stereocenters. The van der Waals surface area contributed by atoms with Crippen LogP contribution in [0.15, 0.2) is 57.5 Å². The molecule has 0 N–H and O–H groups in total. The fourth-order valence-electron chi connectivity index (χ4n) is 12.9. The molecule has 0 radical (unpaired) electrons. The molecule has 0 nitrogen and oxygen atoms in total. The van der Waals surface area contributed by atoms with Crippen molar-refractivity contribution in [2.75, 3.05) is 0 Å². The summed E-state index contributed by atoms with van der Waals surface area (Å²) in [7, 11) is 6.99. The third-order valence-electron chi connectivity index (χ3n) is 14.6. The van der Waals surface area contributed by atoms with Crippen LogP contribution in [0.2, 0.25) is 37.3 Å². The maximum atomic E-state index is 4.93. The average molecular weight is 1130 g/mol. The van der Waals surface area contributed by atoms with Gasteiger partial charge < -0.3 is 14.9 Å². The normalized spacial score (nSPS) is 34.8. The maximum absolute atomic E-state index is 4.93. The Morgan fingerprint density at radius 1 is 0.604 bits per heavy atom. The van der Waals surface area contributed by atoms with Gasteiger partial charge in [-0.05, 0) is 118 Å². The summed E-state index contributed by atoms with van der Waals surface area (Å²) in [6, 6.07) is 13.2. The number of benzene rings is 2. The molecule has 12 atom stereocenters. The zero-order valence-corrected chi connectivity index (χ0v) is 45.4. The predicted molar refractivity (Wildman–Crippen MR) is 253 cm³/mol. The van der Waals surface area contributed by atoms with Crippen LogP contribution in [0, 0.1) is 50.4 Å². The molecule has 9 heteroatoms. The zero-order chi connectivity index (χ0) is 36.8. The molecule has 4 saturated carbocycles. The van der Waals surface area contributed by atoms with Gasteiger partial charge in [0.2, 0.25) is 0 Å². The number of fused-ring (bicyclic) bond motifs is 4. The Balaban J connectivity index is 0.000000214. The van der Waals surface area contributed by atoms with Crippen LogP contribution in [0.25, 0.3) is 12.2 Å². The molecule has 6 aliphatic carbocycles. The summed E-state index contributed by atoms with van der Waals surface area (Å²) < 4.78 is 2.42. The molecule has 6 aliphatic rings. The van der Waals surface area contributed by atoms with Crippen molar-refractivity contribution in [3.05, 3.63) is 94.6 Å². The SMILES string of the molecule is CC1CC2C(Br)CCCC2C1[Si](C)(C)C1C(C)CC2C(Br)CCCC21.C[Si](C)(C1C=Cc2c(Br)cccc21)C1C=Cc2c(Br)cccc21.[CH3-].[CH3-].[Cl][Zr+2][Cl]. The molecule has 292 valence electrons. The van der Waals surface area contributed by atoms with E-state index in [1.54, 1.807) is 0 Å². The Hall–Kier alpha value is 1.74. The van der Waals surface area contributed by atoms with Crippen molar-refractivity contribution in [3.63, 3.8) is 0 Å². The number of allylic oxidation sites excluding steroid dienone is 2. The summed E-state index contributed by atoms with van der Waals surface area (Å²) in [5.41, 5.74) is 9.02. The van der Waals surface area contributed by atoms with E-state index in [9.17, 15) is 0 Å². The van der Waals surface area contributed by atoms with E-state index in [0.717, 1.165) is 56.2 Å². The van der Waals surface area contributed by atoms with E-state index in [-0.39, 0.29) is 14.9 Å². The van der Waals surface area contributed by atoms with Crippen LogP contribution in [0.4, 0.5) is 0 Å². The molecule has 8 rings (SSSR count). The number of hydrogen-bond acceptors (Lipinski definition) is 0. The van der Waals surface area contributed by atoms with Gasteiger partial charge in [-0.3, -0.25) is 0 Å². The second kappa shape index (κ2) is 19.9. The van der Waals surface area contributed by atoms with Gasteiger partial charge in [0, 0.05) is 18.6 Å². The van der Waals surface area contributed by atoms with Crippen molar-refractivity contribution in [1.29, 1.82) is 0 Å². The third kappa shape index (κ3) is 9.39. The second-order valence-electron chi connectivity index (χ2n) is 17.9. The summed E-state index contributed by atoms with van der Waals surface area (Å²) in [6.45, 7) is 16.0. The third-order valence-corrected chi connectivity index (χ3v) is 27.9. The Labute approximate surface area is 378 Å². The molecule has 0 saturated heterocycles. The zero-order valence-electron chi connectivity index (χ0n) is 33.1. The molecule has 0 spiro atoms. The van der Waals surface area contributed by atoms with Gasteiger partial charge in [0.05, 0.1) is 16.1 Å². The van der Waals surface area contributed by atoms with E-state index in [2.05, 4.69) is 164 Å². The molecular formula is C44H62Br4Cl2Si2Zr. The van der Waals surface area contributed by atoms with Crippen molar-refractivity contribution in [3.8, 4) is 0 Å². The quantitative estimate of drug-likeness (QED) is 0.163. The van der Waals surface area contributed by atoms with Crippen LogP contribution in [0.1, 0.15) is 98.6 Å². The molecule has 4 fully saturated rings. The van der Waals surface area contributed by atoms with E-state index in [1.165, 1.54) is 82.6 Å². The van der Waals surface area contributed by atoms with Crippen molar-refractivity contribution < 1.29 is 20.8 Å². The Kier molecular flexibility index (Phi) is 17.8. The molecule has 0 aliphatic heterocycles. The first-order valence-electron chi connectivity index (χ1n) is 19.4. The summed E-state index contributed by atoms with van der Waals surface area (Å²) in [5, 5.41) is 0. The van der Waals surface area contributed by atoms with Crippen molar-refractivity contribution in [1.82, 2.24) is 0 Å². The first kappa shape index (κ1) is 47.4. The van der Waals surface area contributed by atoms with Crippen LogP contribution < -0.4 is 0 Å². The van der Waals surface area contributed by atoms with Crippen LogP contribution in [0.5, 0.6) is 0 Å². The predicted octanol–water partition coefficient (Wildman–Crippen LogP) is 17.1. The Morgan fingerprint density at radius 2 is 0.981 bits per heavy atom. The van der Waals surface area contributed by atoms with E-state index >= 15 is 0 Å². The van der Waals surface area contributed by atoms with Crippen molar-refractivity contribution >= 4 is 109 Å². The topological polar surface area (TPSA) is 0 Å². The molecule has 53 heavy (non-hydrogen) atoms. The van der Waals surface area contributed by atoms with Gasteiger partial charge in [0.15, 0.2) is 0 Å². The van der Waals surface area contributed by atoms with Gasteiger partial charge >= 0.3 is 37.9 Å². The molecular weight excluding hydrogens is 1070 g/mol. The second-order valence-corrected chi connectivity index (χ2v) is 35.6. The van der Waals surface area contributed by atoms with Gasteiger partial charge in [0.1, 0.15) is 0 Å². The number of rotatable bonds is 4. The van der Waals surface area contributed by atoms with Crippen LogP contribution in [0.3, 0.4) is 0 Å². The minimum absolute atomic E-state index is 0. The molecule has 0 amide bonds. The Morgan fingerprint density at radius 3 is 1.36 bits per heavy atom. The first-order chi connectivity index (χ1) is 24.2. The first-order valence-corrected chi connectivity index (χ1v) is 35.5. The number of alkyl halides is 2. The number of hydrogen-bond donors (Lipinski definition) is 0. The Bertz CT molecular complexity index is 1490. The van der Waals surface area contributed by atoms with E-state index in [4.69, 9.17) is 17.0 Å². The molecule has 0 aromatic heterocycles. The average Bonchev–Trinajstić information content (AvgIpc) is 3.86. The van der Waals surface area contributed by atoms with E-state index < -0.39 is 37.0 Å².